The molecule has 0 bridgehead atoms. The largest absolute Gasteiger partial charge is 0.360 e. The lowest BCUT2D eigenvalue weighted by molar-refractivity contribution is -0.131. The molecule has 3 rings (SSSR count). The van der Waals surface area contributed by atoms with Gasteiger partial charge in [0.25, 0.3) is 0 Å². The highest BCUT2D eigenvalue weighted by atomic mass is 32.1. The summed E-state index contributed by atoms with van der Waals surface area (Å²) in [6, 6.07) is 0. The number of thiophene rings is 1. The normalized spacial score (nSPS) is 15.9. The van der Waals surface area contributed by atoms with Crippen molar-refractivity contribution < 1.29 is 4.79 Å². The first-order chi connectivity index (χ1) is 11.5. The number of carbonyl (C=O) groups is 1. The van der Waals surface area contributed by atoms with E-state index in [1.54, 1.807) is 11.3 Å². The van der Waals surface area contributed by atoms with E-state index in [-0.39, 0.29) is 12.5 Å². The zero-order valence-corrected chi connectivity index (χ0v) is 15.7. The number of rotatable bonds is 4. The van der Waals surface area contributed by atoms with Crippen LogP contribution in [0.2, 0.25) is 0 Å². The Morgan fingerprint density at radius 1 is 1.17 bits per heavy atom. The molecule has 7 heteroatoms. The van der Waals surface area contributed by atoms with Crippen molar-refractivity contribution in [3.63, 3.8) is 0 Å². The van der Waals surface area contributed by atoms with Crippen molar-refractivity contribution in [3.05, 3.63) is 16.3 Å². The van der Waals surface area contributed by atoms with Gasteiger partial charge in [0.05, 0.1) is 11.9 Å². The van der Waals surface area contributed by atoms with Gasteiger partial charge in [-0.2, -0.15) is 0 Å². The van der Waals surface area contributed by atoms with Gasteiger partial charge in [-0.15, -0.1) is 11.3 Å². The SMILES string of the molecule is CCN1CCN(C(=O)CNc2nc(C)nc3sc(C)c(C)c23)CC1. The molecule has 130 valence electrons. The monoisotopic (exact) mass is 347 g/mol. The molecule has 1 saturated heterocycles. The molecule has 3 heterocycles. The molecule has 6 nitrogen and oxygen atoms in total. The number of fused-ring (bicyclic) bond motifs is 1. The summed E-state index contributed by atoms with van der Waals surface area (Å²) in [7, 11) is 0. The molecule has 2 aromatic rings. The summed E-state index contributed by atoms with van der Waals surface area (Å²) >= 11 is 1.68. The Balaban J connectivity index is 1.70. The van der Waals surface area contributed by atoms with E-state index in [1.165, 1.54) is 10.4 Å². The minimum atomic E-state index is 0.139. The minimum Gasteiger partial charge on any atom is -0.360 e. The fourth-order valence-electron chi connectivity index (χ4n) is 3.07. The number of nitrogens with zero attached hydrogens (tertiary/aromatic N) is 4. The van der Waals surface area contributed by atoms with Crippen LogP contribution in [0.15, 0.2) is 0 Å². The Bertz CT molecular complexity index is 749. The lowest BCUT2D eigenvalue weighted by Crippen LogP contribution is -2.49. The number of nitrogens with one attached hydrogen (secondary N) is 1. The van der Waals surface area contributed by atoms with Crippen LogP contribution in [0.1, 0.15) is 23.2 Å². The van der Waals surface area contributed by atoms with Gasteiger partial charge in [-0.1, -0.05) is 6.92 Å². The molecule has 1 aliphatic heterocycles. The fraction of sp³-hybridized carbons (Fsp3) is 0.588. The topological polar surface area (TPSA) is 61.4 Å². The maximum atomic E-state index is 12.5. The summed E-state index contributed by atoms with van der Waals surface area (Å²) in [6.45, 7) is 13.1. The molecule has 0 aliphatic carbocycles. The van der Waals surface area contributed by atoms with Gasteiger partial charge in [-0.05, 0) is 32.9 Å². The number of piperazine rings is 1. The number of amides is 1. The molecule has 0 aromatic carbocycles. The van der Waals surface area contributed by atoms with Gasteiger partial charge in [-0.25, -0.2) is 9.97 Å². The Morgan fingerprint density at radius 2 is 1.88 bits per heavy atom. The third-order valence-corrected chi connectivity index (χ3v) is 5.82. The molecule has 1 fully saturated rings. The highest BCUT2D eigenvalue weighted by molar-refractivity contribution is 7.18. The molecule has 0 saturated carbocycles. The first-order valence-electron chi connectivity index (χ1n) is 8.48. The first-order valence-corrected chi connectivity index (χ1v) is 9.29. The van der Waals surface area contributed by atoms with Gasteiger partial charge < -0.3 is 15.1 Å². The molecule has 24 heavy (non-hydrogen) atoms. The zero-order chi connectivity index (χ0) is 17.3. The van der Waals surface area contributed by atoms with Crippen LogP contribution in [0.25, 0.3) is 10.2 Å². The average Bonchev–Trinajstić information content (AvgIpc) is 2.86. The van der Waals surface area contributed by atoms with Crippen molar-refractivity contribution in [1.82, 2.24) is 19.8 Å². The number of hydrogen-bond donors (Lipinski definition) is 1. The molecule has 2 aromatic heterocycles. The molecule has 0 radical (unpaired) electrons. The summed E-state index contributed by atoms with van der Waals surface area (Å²) in [6.07, 6.45) is 0. The van der Waals surface area contributed by atoms with Crippen molar-refractivity contribution >= 4 is 33.3 Å². The number of aryl methyl sites for hydroxylation is 3. The number of anilines is 1. The van der Waals surface area contributed by atoms with Crippen LogP contribution in [-0.2, 0) is 4.79 Å². The summed E-state index contributed by atoms with van der Waals surface area (Å²) in [5.74, 6) is 1.65. The molecule has 0 atom stereocenters. The first kappa shape index (κ1) is 17.1. The number of likely N-dealkylation sites (N-methyl/N-ethyl adjacent to an activating group) is 1. The summed E-state index contributed by atoms with van der Waals surface area (Å²) in [4.78, 5) is 28.1. The molecular weight excluding hydrogens is 322 g/mol. The number of hydrogen-bond acceptors (Lipinski definition) is 6. The summed E-state index contributed by atoms with van der Waals surface area (Å²) in [5, 5.41) is 4.30. The molecule has 1 aliphatic rings. The van der Waals surface area contributed by atoms with Crippen LogP contribution in [0.4, 0.5) is 5.82 Å². The van der Waals surface area contributed by atoms with E-state index in [9.17, 15) is 4.79 Å². The van der Waals surface area contributed by atoms with Gasteiger partial charge in [-0.3, -0.25) is 4.79 Å². The van der Waals surface area contributed by atoms with Crippen molar-refractivity contribution in [2.75, 3.05) is 44.6 Å². The second-order valence-corrected chi connectivity index (χ2v) is 7.45. The van der Waals surface area contributed by atoms with Gasteiger partial charge >= 0.3 is 0 Å². The van der Waals surface area contributed by atoms with Crippen molar-refractivity contribution in [1.29, 1.82) is 0 Å². The van der Waals surface area contributed by atoms with E-state index in [0.717, 1.165) is 54.6 Å². The average molecular weight is 347 g/mol. The van der Waals surface area contributed by atoms with Crippen molar-refractivity contribution in [2.45, 2.75) is 27.7 Å². The van der Waals surface area contributed by atoms with Gasteiger partial charge in [0.15, 0.2) is 0 Å². The molecule has 0 spiro atoms. The molecule has 1 N–H and O–H groups in total. The lowest BCUT2D eigenvalue weighted by Gasteiger charge is -2.34. The standard InChI is InChI=1S/C17H25N5OS/c1-5-21-6-8-22(9-7-21)14(23)10-18-16-15-11(2)12(3)24-17(15)20-13(4)19-16/h5-10H2,1-4H3,(H,18,19,20). The van der Waals surface area contributed by atoms with Gasteiger partial charge in [0.2, 0.25) is 5.91 Å². The Kier molecular flexibility index (Phi) is 5.01. The van der Waals surface area contributed by atoms with Crippen molar-refractivity contribution in [2.24, 2.45) is 0 Å². The van der Waals surface area contributed by atoms with Crippen LogP contribution >= 0.6 is 11.3 Å². The third kappa shape index (κ3) is 3.37. The van der Waals surface area contributed by atoms with Crippen molar-refractivity contribution in [3.8, 4) is 0 Å². The van der Waals surface area contributed by atoms with E-state index in [2.05, 4.69) is 41.0 Å². The van der Waals surface area contributed by atoms with Crippen LogP contribution in [0.3, 0.4) is 0 Å². The van der Waals surface area contributed by atoms with Gasteiger partial charge in [0.1, 0.15) is 16.5 Å². The van der Waals surface area contributed by atoms with Crippen LogP contribution in [0, 0.1) is 20.8 Å². The maximum Gasteiger partial charge on any atom is 0.242 e. The lowest BCUT2D eigenvalue weighted by atomic mass is 10.2. The highest BCUT2D eigenvalue weighted by Gasteiger charge is 2.20. The number of carbonyl (C=O) groups excluding carboxylic acids is 1. The fourth-order valence-corrected chi connectivity index (χ4v) is 4.14. The van der Waals surface area contributed by atoms with Crippen LogP contribution in [0.5, 0.6) is 0 Å². The van der Waals surface area contributed by atoms with E-state index in [1.807, 2.05) is 11.8 Å². The Hall–Kier alpha value is -1.73. The Morgan fingerprint density at radius 3 is 2.54 bits per heavy atom. The summed E-state index contributed by atoms with van der Waals surface area (Å²) in [5.41, 5.74) is 1.20. The molecule has 0 unspecified atom stereocenters. The second-order valence-electron chi connectivity index (χ2n) is 6.25. The smallest absolute Gasteiger partial charge is 0.242 e. The second kappa shape index (κ2) is 7.03. The third-order valence-electron chi connectivity index (χ3n) is 4.72. The molecular formula is C17H25N5OS. The van der Waals surface area contributed by atoms with Gasteiger partial charge in [0, 0.05) is 31.1 Å². The minimum absolute atomic E-state index is 0.139. The van der Waals surface area contributed by atoms with E-state index < -0.39 is 0 Å². The summed E-state index contributed by atoms with van der Waals surface area (Å²) < 4.78 is 0. The quantitative estimate of drug-likeness (QED) is 0.919. The van der Waals surface area contributed by atoms with E-state index in [0.29, 0.717) is 0 Å². The Labute approximate surface area is 146 Å². The van der Waals surface area contributed by atoms with E-state index >= 15 is 0 Å². The number of aromatic nitrogens is 2. The maximum absolute atomic E-state index is 12.5. The highest BCUT2D eigenvalue weighted by Crippen LogP contribution is 2.33. The zero-order valence-electron chi connectivity index (χ0n) is 14.8. The molecule has 1 amide bonds. The predicted molar refractivity (Wildman–Crippen MR) is 98.8 cm³/mol. The van der Waals surface area contributed by atoms with Crippen LogP contribution < -0.4 is 5.32 Å². The van der Waals surface area contributed by atoms with E-state index in [4.69, 9.17) is 0 Å². The van der Waals surface area contributed by atoms with Crippen LogP contribution in [-0.4, -0.2) is 64.9 Å². The predicted octanol–water partition coefficient (Wildman–Crippen LogP) is 2.19.